The van der Waals surface area contributed by atoms with Crippen molar-refractivity contribution in [3.8, 4) is 0 Å². The molecule has 2 aromatic heterocycles. The van der Waals surface area contributed by atoms with Crippen molar-refractivity contribution in [2.45, 2.75) is 13.0 Å². The summed E-state index contributed by atoms with van der Waals surface area (Å²) in [7, 11) is 1.72. The van der Waals surface area contributed by atoms with E-state index in [0.29, 0.717) is 17.5 Å². The minimum atomic E-state index is -0.0964. The molecule has 24 heavy (non-hydrogen) atoms. The number of rotatable bonds is 3. The number of morpholine rings is 1. The first kappa shape index (κ1) is 18.8. The molecule has 8 heteroatoms. The predicted octanol–water partition coefficient (Wildman–Crippen LogP) is 2.62. The Balaban J connectivity index is 0.00000208. The minimum absolute atomic E-state index is 0. The molecular formula is C16H21BrN4O2S. The molecule has 0 spiro atoms. The molecule has 0 amide bonds. The maximum atomic E-state index is 12.1. The van der Waals surface area contributed by atoms with E-state index in [0.717, 1.165) is 29.9 Å². The summed E-state index contributed by atoms with van der Waals surface area (Å²) in [6.07, 6.45) is 3.55. The van der Waals surface area contributed by atoms with Crippen LogP contribution in [0.5, 0.6) is 0 Å². The van der Waals surface area contributed by atoms with Gasteiger partial charge in [0.05, 0.1) is 25.1 Å². The van der Waals surface area contributed by atoms with Crippen molar-refractivity contribution < 1.29 is 4.74 Å². The molecule has 0 aromatic carbocycles. The van der Waals surface area contributed by atoms with Crippen molar-refractivity contribution in [2.75, 3.05) is 30.0 Å². The van der Waals surface area contributed by atoms with Crippen molar-refractivity contribution in [2.24, 2.45) is 7.05 Å². The van der Waals surface area contributed by atoms with Gasteiger partial charge in [-0.1, -0.05) is 0 Å². The van der Waals surface area contributed by atoms with Crippen molar-refractivity contribution in [3.63, 3.8) is 0 Å². The molecule has 1 atom stereocenters. The number of pyridine rings is 2. The molecule has 3 heterocycles. The lowest BCUT2D eigenvalue weighted by molar-refractivity contribution is 0.0989. The SMILES string of the molecule is C[C@H]1COCCN1c1ccc(Nc2cc(Br)cn(C)c2=O)nc1.S. The summed E-state index contributed by atoms with van der Waals surface area (Å²) in [5.74, 6) is 0.643. The van der Waals surface area contributed by atoms with Crippen LogP contribution < -0.4 is 15.8 Å². The number of hydrogen-bond donors (Lipinski definition) is 1. The van der Waals surface area contributed by atoms with Gasteiger partial charge < -0.3 is 19.5 Å². The largest absolute Gasteiger partial charge is 0.377 e. The summed E-state index contributed by atoms with van der Waals surface area (Å²) in [6.45, 7) is 4.46. The molecule has 1 saturated heterocycles. The van der Waals surface area contributed by atoms with Crippen molar-refractivity contribution in [1.82, 2.24) is 9.55 Å². The smallest absolute Gasteiger partial charge is 0.274 e. The first-order valence-electron chi connectivity index (χ1n) is 7.48. The fraction of sp³-hybridized carbons (Fsp3) is 0.375. The molecule has 130 valence electrons. The average molecular weight is 413 g/mol. The van der Waals surface area contributed by atoms with Gasteiger partial charge >= 0.3 is 0 Å². The van der Waals surface area contributed by atoms with Crippen LogP contribution >= 0.6 is 29.4 Å². The highest BCUT2D eigenvalue weighted by molar-refractivity contribution is 9.10. The Morgan fingerprint density at radius 3 is 2.88 bits per heavy atom. The molecule has 2 aromatic rings. The zero-order valence-electron chi connectivity index (χ0n) is 13.6. The van der Waals surface area contributed by atoms with Crippen LogP contribution in [0.1, 0.15) is 6.92 Å². The Labute approximate surface area is 156 Å². The van der Waals surface area contributed by atoms with Gasteiger partial charge in [0.1, 0.15) is 11.5 Å². The Morgan fingerprint density at radius 2 is 2.21 bits per heavy atom. The van der Waals surface area contributed by atoms with Crippen LogP contribution in [-0.4, -0.2) is 35.4 Å². The molecule has 1 N–H and O–H groups in total. The topological polar surface area (TPSA) is 59.4 Å². The lowest BCUT2D eigenvalue weighted by Crippen LogP contribution is -2.43. The second-order valence-electron chi connectivity index (χ2n) is 5.63. The van der Waals surface area contributed by atoms with Crippen molar-refractivity contribution >= 4 is 46.6 Å². The van der Waals surface area contributed by atoms with E-state index in [1.807, 2.05) is 18.3 Å². The van der Waals surface area contributed by atoms with Gasteiger partial charge in [0.25, 0.3) is 5.56 Å². The van der Waals surface area contributed by atoms with Crippen LogP contribution in [0.3, 0.4) is 0 Å². The van der Waals surface area contributed by atoms with E-state index in [9.17, 15) is 4.79 Å². The lowest BCUT2D eigenvalue weighted by Gasteiger charge is -2.35. The summed E-state index contributed by atoms with van der Waals surface area (Å²) in [4.78, 5) is 18.8. The maximum Gasteiger partial charge on any atom is 0.274 e. The van der Waals surface area contributed by atoms with Crippen molar-refractivity contribution in [3.05, 3.63) is 45.4 Å². The maximum absolute atomic E-state index is 12.1. The molecule has 0 saturated carbocycles. The zero-order chi connectivity index (χ0) is 16.4. The van der Waals surface area contributed by atoms with E-state index in [2.05, 4.69) is 38.1 Å². The molecule has 0 bridgehead atoms. The summed E-state index contributed by atoms with van der Waals surface area (Å²) in [5, 5.41) is 3.08. The van der Waals surface area contributed by atoms with Gasteiger partial charge in [-0.2, -0.15) is 13.5 Å². The van der Waals surface area contributed by atoms with Gasteiger partial charge in [-0.3, -0.25) is 4.79 Å². The zero-order valence-corrected chi connectivity index (χ0v) is 16.2. The van der Waals surface area contributed by atoms with Gasteiger partial charge in [0, 0.05) is 30.3 Å². The molecule has 0 radical (unpaired) electrons. The number of ether oxygens (including phenoxy) is 1. The van der Waals surface area contributed by atoms with Crippen LogP contribution in [0, 0.1) is 0 Å². The Kier molecular flexibility index (Phi) is 6.31. The molecule has 3 rings (SSSR count). The van der Waals surface area contributed by atoms with E-state index >= 15 is 0 Å². The summed E-state index contributed by atoms with van der Waals surface area (Å²) in [5.41, 5.74) is 1.45. The number of aryl methyl sites for hydroxylation is 1. The third-order valence-corrected chi connectivity index (χ3v) is 4.29. The summed E-state index contributed by atoms with van der Waals surface area (Å²) in [6, 6.07) is 5.99. The number of anilines is 3. The highest BCUT2D eigenvalue weighted by Crippen LogP contribution is 2.21. The van der Waals surface area contributed by atoms with E-state index in [4.69, 9.17) is 4.74 Å². The number of halogens is 1. The molecule has 6 nitrogen and oxygen atoms in total. The monoisotopic (exact) mass is 412 g/mol. The van der Waals surface area contributed by atoms with Crippen LogP contribution in [0.15, 0.2) is 39.9 Å². The molecule has 1 fully saturated rings. The number of hydrogen-bond acceptors (Lipinski definition) is 5. The van der Waals surface area contributed by atoms with E-state index < -0.39 is 0 Å². The fourth-order valence-electron chi connectivity index (χ4n) is 2.64. The molecule has 0 aliphatic carbocycles. The molecular weight excluding hydrogens is 392 g/mol. The van der Waals surface area contributed by atoms with Crippen LogP contribution in [0.4, 0.5) is 17.2 Å². The Morgan fingerprint density at radius 1 is 1.42 bits per heavy atom. The van der Waals surface area contributed by atoms with Gasteiger partial charge in [-0.25, -0.2) is 4.98 Å². The fourth-order valence-corrected chi connectivity index (χ4v) is 3.17. The van der Waals surface area contributed by atoms with E-state index in [1.54, 1.807) is 19.3 Å². The second-order valence-corrected chi connectivity index (χ2v) is 6.55. The second kappa shape index (κ2) is 8.04. The van der Waals surface area contributed by atoms with Gasteiger partial charge in [0.2, 0.25) is 0 Å². The first-order chi connectivity index (χ1) is 11.0. The highest BCUT2D eigenvalue weighted by atomic mass is 79.9. The van der Waals surface area contributed by atoms with E-state index in [-0.39, 0.29) is 19.1 Å². The van der Waals surface area contributed by atoms with Crippen LogP contribution in [-0.2, 0) is 11.8 Å². The van der Waals surface area contributed by atoms with Gasteiger partial charge in [-0.15, -0.1) is 0 Å². The third kappa shape index (κ3) is 4.12. The van der Waals surface area contributed by atoms with E-state index in [1.165, 1.54) is 4.57 Å². The molecule has 0 unspecified atom stereocenters. The highest BCUT2D eigenvalue weighted by Gasteiger charge is 2.19. The van der Waals surface area contributed by atoms with Crippen LogP contribution in [0.2, 0.25) is 0 Å². The molecule has 1 aliphatic rings. The predicted molar refractivity (Wildman–Crippen MR) is 105 cm³/mol. The standard InChI is InChI=1S/C16H19BrN4O2.H2S/c1-11-10-23-6-5-21(11)13-3-4-15(18-8-13)19-14-7-12(17)9-20(2)16(14)22;/h3-4,7-9,11H,5-6,10H2,1-2H3,(H,18,19);1H2/t11-;/m0./s1. The quantitative estimate of drug-likeness (QED) is 0.839. The van der Waals surface area contributed by atoms with Gasteiger partial charge in [0.15, 0.2) is 0 Å². The average Bonchev–Trinajstić information content (AvgIpc) is 2.53. The summed E-state index contributed by atoms with van der Waals surface area (Å²) < 4.78 is 7.81. The number of nitrogens with one attached hydrogen (secondary N) is 1. The Bertz CT molecular complexity index is 751. The van der Waals surface area contributed by atoms with Crippen molar-refractivity contribution in [1.29, 1.82) is 0 Å². The summed E-state index contributed by atoms with van der Waals surface area (Å²) >= 11 is 3.39. The number of nitrogens with zero attached hydrogens (tertiary/aromatic N) is 3. The normalized spacial score (nSPS) is 17.3. The third-order valence-electron chi connectivity index (χ3n) is 3.86. The molecule has 1 aliphatic heterocycles. The van der Waals surface area contributed by atoms with Crippen LogP contribution in [0.25, 0.3) is 0 Å². The first-order valence-corrected chi connectivity index (χ1v) is 8.27. The Hall–Kier alpha value is -1.51. The lowest BCUT2D eigenvalue weighted by atomic mass is 10.2. The number of aromatic nitrogens is 2. The van der Waals surface area contributed by atoms with Gasteiger partial charge in [-0.05, 0) is 41.1 Å². The minimum Gasteiger partial charge on any atom is -0.377 e.